The van der Waals surface area contributed by atoms with Gasteiger partial charge in [-0.25, -0.2) is 0 Å². The maximum Gasteiger partial charge on any atom is 0.0615 e. The van der Waals surface area contributed by atoms with Gasteiger partial charge in [0.2, 0.25) is 0 Å². The summed E-state index contributed by atoms with van der Waals surface area (Å²) in [6.45, 7) is 6.27. The molecule has 1 heterocycles. The number of likely N-dealkylation sites (N-methyl/N-ethyl adjacent to an activating group) is 1. The lowest BCUT2D eigenvalue weighted by Gasteiger charge is -2.17. The van der Waals surface area contributed by atoms with Crippen molar-refractivity contribution in [3.05, 3.63) is 18.5 Å². The van der Waals surface area contributed by atoms with Crippen molar-refractivity contribution < 1.29 is 0 Å². The zero-order valence-electron chi connectivity index (χ0n) is 9.20. The molecule has 2 atom stereocenters. The molecule has 0 saturated heterocycles. The number of nitrogens with one attached hydrogen (secondary N) is 2. The summed E-state index contributed by atoms with van der Waals surface area (Å²) in [5, 5.41) is 10.8. The fourth-order valence-corrected chi connectivity index (χ4v) is 1.38. The first-order valence-corrected chi connectivity index (χ1v) is 5.11. The molecule has 1 aromatic heterocycles. The molecule has 0 aromatic carbocycles. The van der Waals surface area contributed by atoms with Crippen LogP contribution in [0.2, 0.25) is 0 Å². The largest absolute Gasteiger partial charge is 0.318 e. The maximum atomic E-state index is 4.20. The van der Waals surface area contributed by atoms with E-state index >= 15 is 0 Å². The zero-order chi connectivity index (χ0) is 10.4. The second-order valence-corrected chi connectivity index (χ2v) is 3.70. The Balaban J connectivity index is 2.24. The number of aromatic nitrogens is 2. The lowest BCUT2D eigenvalue weighted by atomic mass is 10.3. The molecule has 2 N–H and O–H groups in total. The molecule has 0 aliphatic rings. The Morgan fingerprint density at radius 3 is 2.71 bits per heavy atom. The maximum absolute atomic E-state index is 4.20. The first-order chi connectivity index (χ1) is 6.74. The smallest absolute Gasteiger partial charge is 0.0615 e. The Morgan fingerprint density at radius 1 is 1.36 bits per heavy atom. The molecule has 0 fully saturated rings. The third kappa shape index (κ3) is 3.47. The van der Waals surface area contributed by atoms with Gasteiger partial charge in [-0.15, -0.1) is 0 Å². The van der Waals surface area contributed by atoms with E-state index in [0.29, 0.717) is 12.1 Å². The van der Waals surface area contributed by atoms with Gasteiger partial charge in [-0.3, -0.25) is 4.68 Å². The normalized spacial score (nSPS) is 15.4. The van der Waals surface area contributed by atoms with Crippen molar-refractivity contribution in [3.63, 3.8) is 0 Å². The Hall–Kier alpha value is -0.870. The van der Waals surface area contributed by atoms with Crippen molar-refractivity contribution in [2.24, 2.45) is 0 Å². The van der Waals surface area contributed by atoms with Crippen LogP contribution in [0.4, 0.5) is 0 Å². The van der Waals surface area contributed by atoms with Gasteiger partial charge in [-0.2, -0.15) is 5.10 Å². The number of nitrogens with zero attached hydrogens (tertiary/aromatic N) is 2. The van der Waals surface area contributed by atoms with E-state index in [4.69, 9.17) is 0 Å². The van der Waals surface area contributed by atoms with Gasteiger partial charge in [0.05, 0.1) is 6.04 Å². The molecule has 2 unspecified atom stereocenters. The van der Waals surface area contributed by atoms with Gasteiger partial charge in [-0.1, -0.05) is 0 Å². The summed E-state index contributed by atoms with van der Waals surface area (Å²) >= 11 is 0. The SMILES string of the molecule is CNCC(C)NCC(C)n1cccn1. The molecular weight excluding hydrogens is 176 g/mol. The molecule has 0 aliphatic carbocycles. The lowest BCUT2D eigenvalue weighted by Crippen LogP contribution is -2.37. The van der Waals surface area contributed by atoms with Crippen molar-refractivity contribution in [1.29, 1.82) is 0 Å². The summed E-state index contributed by atoms with van der Waals surface area (Å²) in [6.07, 6.45) is 3.81. The average molecular weight is 196 g/mol. The van der Waals surface area contributed by atoms with Gasteiger partial charge in [0.1, 0.15) is 0 Å². The van der Waals surface area contributed by atoms with Crippen LogP contribution < -0.4 is 10.6 Å². The highest BCUT2D eigenvalue weighted by molar-refractivity contribution is 4.81. The van der Waals surface area contributed by atoms with Gasteiger partial charge in [-0.05, 0) is 27.0 Å². The van der Waals surface area contributed by atoms with Gasteiger partial charge < -0.3 is 10.6 Å². The number of rotatable bonds is 6. The second-order valence-electron chi connectivity index (χ2n) is 3.70. The van der Waals surface area contributed by atoms with E-state index in [9.17, 15) is 0 Å². The molecule has 4 nitrogen and oxygen atoms in total. The molecule has 1 rings (SSSR count). The Bertz CT molecular complexity index is 232. The fourth-order valence-electron chi connectivity index (χ4n) is 1.38. The molecule has 0 aliphatic heterocycles. The van der Waals surface area contributed by atoms with E-state index in [-0.39, 0.29) is 0 Å². The molecule has 0 radical (unpaired) electrons. The van der Waals surface area contributed by atoms with Crippen molar-refractivity contribution in [1.82, 2.24) is 20.4 Å². The summed E-state index contributed by atoms with van der Waals surface area (Å²) in [5.74, 6) is 0. The Kier molecular flexibility index (Phi) is 4.62. The van der Waals surface area contributed by atoms with E-state index < -0.39 is 0 Å². The summed E-state index contributed by atoms with van der Waals surface area (Å²) in [4.78, 5) is 0. The molecule has 14 heavy (non-hydrogen) atoms. The third-order valence-corrected chi connectivity index (χ3v) is 2.25. The summed E-state index contributed by atoms with van der Waals surface area (Å²) in [7, 11) is 1.97. The highest BCUT2D eigenvalue weighted by Gasteiger charge is 2.05. The minimum absolute atomic E-state index is 0.407. The predicted molar refractivity (Wildman–Crippen MR) is 58.3 cm³/mol. The quantitative estimate of drug-likeness (QED) is 0.701. The van der Waals surface area contributed by atoms with E-state index in [0.717, 1.165) is 13.1 Å². The fraction of sp³-hybridized carbons (Fsp3) is 0.700. The molecule has 0 spiro atoms. The molecule has 0 saturated carbocycles. The van der Waals surface area contributed by atoms with Gasteiger partial charge in [0.25, 0.3) is 0 Å². The third-order valence-electron chi connectivity index (χ3n) is 2.25. The van der Waals surface area contributed by atoms with E-state index in [1.807, 2.05) is 30.2 Å². The molecular formula is C10H20N4. The summed E-state index contributed by atoms with van der Waals surface area (Å²) in [6, 6.07) is 2.86. The molecule has 4 heteroatoms. The second kappa shape index (κ2) is 5.78. The Labute approximate surface area is 85.7 Å². The number of hydrogen-bond donors (Lipinski definition) is 2. The van der Waals surface area contributed by atoms with Crippen LogP contribution in [0.3, 0.4) is 0 Å². The topological polar surface area (TPSA) is 41.9 Å². The molecule has 0 bridgehead atoms. The van der Waals surface area contributed by atoms with Crippen molar-refractivity contribution >= 4 is 0 Å². The summed E-state index contributed by atoms with van der Waals surface area (Å²) < 4.78 is 1.97. The van der Waals surface area contributed by atoms with Crippen LogP contribution in [0.15, 0.2) is 18.5 Å². The highest BCUT2D eigenvalue weighted by atomic mass is 15.3. The summed E-state index contributed by atoms with van der Waals surface area (Å²) in [5.41, 5.74) is 0. The van der Waals surface area contributed by atoms with Crippen molar-refractivity contribution in [2.45, 2.75) is 25.9 Å². The van der Waals surface area contributed by atoms with E-state index in [1.54, 1.807) is 0 Å². The van der Waals surface area contributed by atoms with Crippen LogP contribution in [0.25, 0.3) is 0 Å². The van der Waals surface area contributed by atoms with Crippen LogP contribution in [-0.4, -0.2) is 36.0 Å². The number of hydrogen-bond acceptors (Lipinski definition) is 3. The first kappa shape index (κ1) is 11.2. The van der Waals surface area contributed by atoms with Crippen LogP contribution >= 0.6 is 0 Å². The van der Waals surface area contributed by atoms with Gasteiger partial charge in [0, 0.05) is 31.5 Å². The minimum atomic E-state index is 0.407. The van der Waals surface area contributed by atoms with Crippen molar-refractivity contribution in [2.75, 3.05) is 20.1 Å². The van der Waals surface area contributed by atoms with E-state index in [2.05, 4.69) is 29.6 Å². The van der Waals surface area contributed by atoms with Crippen LogP contribution in [0.5, 0.6) is 0 Å². The van der Waals surface area contributed by atoms with Crippen molar-refractivity contribution in [3.8, 4) is 0 Å². The molecule has 0 amide bonds. The van der Waals surface area contributed by atoms with E-state index in [1.165, 1.54) is 0 Å². The molecule has 80 valence electrons. The van der Waals surface area contributed by atoms with Gasteiger partial charge in [0.15, 0.2) is 0 Å². The minimum Gasteiger partial charge on any atom is -0.318 e. The van der Waals surface area contributed by atoms with Crippen LogP contribution in [0, 0.1) is 0 Å². The van der Waals surface area contributed by atoms with Gasteiger partial charge >= 0.3 is 0 Å². The highest BCUT2D eigenvalue weighted by Crippen LogP contribution is 2.00. The average Bonchev–Trinajstić information content (AvgIpc) is 2.67. The lowest BCUT2D eigenvalue weighted by molar-refractivity contribution is 0.418. The standard InChI is InChI=1S/C10H20N4/c1-9(7-11-3)12-8-10(2)14-6-4-5-13-14/h4-6,9-12H,7-8H2,1-3H3. The predicted octanol–water partition coefficient (Wildman–Crippen LogP) is 0.642. The zero-order valence-corrected chi connectivity index (χ0v) is 9.20. The van der Waals surface area contributed by atoms with Crippen LogP contribution in [0.1, 0.15) is 19.9 Å². The first-order valence-electron chi connectivity index (χ1n) is 5.11. The Morgan fingerprint density at radius 2 is 2.14 bits per heavy atom. The van der Waals surface area contributed by atoms with Crippen LogP contribution in [-0.2, 0) is 0 Å². The molecule has 1 aromatic rings. The monoisotopic (exact) mass is 196 g/mol.